The van der Waals surface area contributed by atoms with E-state index in [1.807, 2.05) is 6.07 Å². The first kappa shape index (κ1) is 14.7. The van der Waals surface area contributed by atoms with Crippen LogP contribution in [-0.4, -0.2) is 24.7 Å². The van der Waals surface area contributed by atoms with Gasteiger partial charge in [-0.1, -0.05) is 31.5 Å². The third-order valence-electron chi connectivity index (χ3n) is 4.01. The normalized spacial score (nSPS) is 22.9. The van der Waals surface area contributed by atoms with Crippen molar-refractivity contribution < 1.29 is 0 Å². The fourth-order valence-corrected chi connectivity index (χ4v) is 3.01. The number of piperazine rings is 1. The van der Waals surface area contributed by atoms with Crippen molar-refractivity contribution in [1.82, 2.24) is 5.32 Å². The lowest BCUT2D eigenvalue weighted by Crippen LogP contribution is -2.63. The first-order chi connectivity index (χ1) is 8.80. The summed E-state index contributed by atoms with van der Waals surface area (Å²) in [6, 6.07) is 6.71. The first-order valence-electron chi connectivity index (χ1n) is 7.08. The maximum absolute atomic E-state index is 6.19. The zero-order chi connectivity index (χ0) is 14.2. The molecule has 3 heteroatoms. The molecule has 1 atom stereocenters. The number of nitrogens with one attached hydrogen (secondary N) is 1. The summed E-state index contributed by atoms with van der Waals surface area (Å²) in [5, 5.41) is 4.47. The van der Waals surface area contributed by atoms with Crippen LogP contribution in [0.25, 0.3) is 0 Å². The highest BCUT2D eigenvalue weighted by molar-refractivity contribution is 6.30. The van der Waals surface area contributed by atoms with E-state index < -0.39 is 0 Å². The second-order valence-corrected chi connectivity index (χ2v) is 7.07. The molecule has 0 amide bonds. The molecule has 0 radical (unpaired) electrons. The van der Waals surface area contributed by atoms with Gasteiger partial charge in [0.15, 0.2) is 0 Å². The van der Waals surface area contributed by atoms with Crippen LogP contribution in [0.4, 0.5) is 5.69 Å². The minimum absolute atomic E-state index is 0.139. The quantitative estimate of drug-likeness (QED) is 0.885. The van der Waals surface area contributed by atoms with Crippen molar-refractivity contribution >= 4 is 17.3 Å². The highest BCUT2D eigenvalue weighted by Gasteiger charge is 2.34. The molecule has 1 N–H and O–H groups in total. The van der Waals surface area contributed by atoms with Gasteiger partial charge in [-0.05, 0) is 44.4 Å². The van der Waals surface area contributed by atoms with Crippen molar-refractivity contribution in [2.45, 2.75) is 46.2 Å². The van der Waals surface area contributed by atoms with Crippen LogP contribution in [-0.2, 0) is 0 Å². The number of aryl methyl sites for hydroxylation is 1. The van der Waals surface area contributed by atoms with Crippen molar-refractivity contribution in [2.75, 3.05) is 18.0 Å². The van der Waals surface area contributed by atoms with Gasteiger partial charge in [0.25, 0.3) is 0 Å². The molecule has 0 spiro atoms. The summed E-state index contributed by atoms with van der Waals surface area (Å²) in [7, 11) is 0. The molecule has 1 fully saturated rings. The summed E-state index contributed by atoms with van der Waals surface area (Å²) in [5.41, 5.74) is 2.72. The highest BCUT2D eigenvalue weighted by atomic mass is 35.5. The summed E-state index contributed by atoms with van der Waals surface area (Å²) in [6.45, 7) is 13.3. The van der Waals surface area contributed by atoms with Crippen molar-refractivity contribution in [3.05, 3.63) is 28.8 Å². The van der Waals surface area contributed by atoms with E-state index in [0.29, 0.717) is 12.0 Å². The third kappa shape index (κ3) is 3.24. The number of rotatable bonds is 2. The molecule has 0 aromatic heterocycles. The van der Waals surface area contributed by atoms with Crippen LogP contribution >= 0.6 is 11.6 Å². The Labute approximate surface area is 122 Å². The van der Waals surface area contributed by atoms with Gasteiger partial charge in [0.2, 0.25) is 0 Å². The predicted molar refractivity (Wildman–Crippen MR) is 84.2 cm³/mol. The summed E-state index contributed by atoms with van der Waals surface area (Å²) in [6.07, 6.45) is 0. The molecule has 0 bridgehead atoms. The van der Waals surface area contributed by atoms with Gasteiger partial charge in [-0.3, -0.25) is 0 Å². The molecule has 1 aromatic rings. The zero-order valence-corrected chi connectivity index (χ0v) is 13.4. The SMILES string of the molecule is Cc1ccc(Cl)cc1N1CC(C)(C)NCC1C(C)C. The van der Waals surface area contributed by atoms with Gasteiger partial charge in [0.05, 0.1) is 0 Å². The molecule has 1 aliphatic heterocycles. The lowest BCUT2D eigenvalue weighted by molar-refractivity contribution is 0.277. The highest BCUT2D eigenvalue weighted by Crippen LogP contribution is 2.31. The van der Waals surface area contributed by atoms with Gasteiger partial charge in [-0.25, -0.2) is 0 Å². The molecule has 1 heterocycles. The third-order valence-corrected chi connectivity index (χ3v) is 4.24. The van der Waals surface area contributed by atoms with Crippen molar-refractivity contribution in [3.8, 4) is 0 Å². The van der Waals surface area contributed by atoms with Crippen LogP contribution in [0.1, 0.15) is 33.3 Å². The summed E-state index contributed by atoms with van der Waals surface area (Å²) >= 11 is 6.19. The van der Waals surface area contributed by atoms with E-state index in [1.54, 1.807) is 0 Å². The van der Waals surface area contributed by atoms with Crippen LogP contribution in [0.3, 0.4) is 0 Å². The maximum Gasteiger partial charge on any atom is 0.0438 e. The minimum atomic E-state index is 0.139. The van der Waals surface area contributed by atoms with Crippen LogP contribution in [0.2, 0.25) is 5.02 Å². The molecule has 2 nitrogen and oxygen atoms in total. The molecule has 19 heavy (non-hydrogen) atoms. The second kappa shape index (κ2) is 5.34. The molecule has 0 aliphatic carbocycles. The Balaban J connectivity index is 2.39. The zero-order valence-electron chi connectivity index (χ0n) is 12.6. The first-order valence-corrected chi connectivity index (χ1v) is 7.46. The number of anilines is 1. The van der Waals surface area contributed by atoms with E-state index in [0.717, 1.165) is 18.1 Å². The van der Waals surface area contributed by atoms with Gasteiger partial charge in [0, 0.05) is 35.4 Å². The number of halogens is 1. The van der Waals surface area contributed by atoms with Crippen LogP contribution in [0, 0.1) is 12.8 Å². The average molecular weight is 281 g/mol. The fraction of sp³-hybridized carbons (Fsp3) is 0.625. The van der Waals surface area contributed by atoms with Crippen molar-refractivity contribution in [3.63, 3.8) is 0 Å². The fourth-order valence-electron chi connectivity index (χ4n) is 2.84. The Kier molecular flexibility index (Phi) is 4.12. The lowest BCUT2D eigenvalue weighted by atomic mass is 9.92. The van der Waals surface area contributed by atoms with Crippen LogP contribution < -0.4 is 10.2 Å². The molecule has 1 saturated heterocycles. The van der Waals surface area contributed by atoms with Crippen molar-refractivity contribution in [1.29, 1.82) is 0 Å². The van der Waals surface area contributed by atoms with E-state index in [4.69, 9.17) is 11.6 Å². The van der Waals surface area contributed by atoms with Crippen LogP contribution in [0.15, 0.2) is 18.2 Å². The average Bonchev–Trinajstić information content (AvgIpc) is 2.30. The molecule has 1 unspecified atom stereocenters. The molecule has 1 aliphatic rings. The van der Waals surface area contributed by atoms with E-state index in [1.165, 1.54) is 11.3 Å². The maximum atomic E-state index is 6.19. The Morgan fingerprint density at radius 2 is 2.05 bits per heavy atom. The Morgan fingerprint density at radius 1 is 1.37 bits per heavy atom. The predicted octanol–water partition coefficient (Wildman–Crippen LogP) is 3.86. The van der Waals surface area contributed by atoms with Crippen molar-refractivity contribution in [2.24, 2.45) is 5.92 Å². The smallest absolute Gasteiger partial charge is 0.0438 e. The topological polar surface area (TPSA) is 15.3 Å². The standard InChI is InChI=1S/C16H25ClN2/c1-11(2)15-9-18-16(4,5)10-19(15)14-8-13(17)7-6-12(14)3/h6-8,11,15,18H,9-10H2,1-5H3. The van der Waals surface area contributed by atoms with E-state index in [-0.39, 0.29) is 5.54 Å². The van der Waals surface area contributed by atoms with E-state index >= 15 is 0 Å². The molecule has 1 aromatic carbocycles. The monoisotopic (exact) mass is 280 g/mol. The Hall–Kier alpha value is -0.730. The number of hydrogen-bond donors (Lipinski definition) is 1. The largest absolute Gasteiger partial charge is 0.365 e. The summed E-state index contributed by atoms with van der Waals surface area (Å²) < 4.78 is 0. The minimum Gasteiger partial charge on any atom is -0.365 e. The second-order valence-electron chi connectivity index (χ2n) is 6.63. The number of benzene rings is 1. The Morgan fingerprint density at radius 3 is 2.68 bits per heavy atom. The van der Waals surface area contributed by atoms with E-state index in [2.05, 4.69) is 57.0 Å². The summed E-state index contributed by atoms with van der Waals surface area (Å²) in [4.78, 5) is 2.53. The summed E-state index contributed by atoms with van der Waals surface area (Å²) in [5.74, 6) is 0.613. The molecular weight excluding hydrogens is 256 g/mol. The molecule has 2 rings (SSSR count). The van der Waals surface area contributed by atoms with Gasteiger partial charge in [-0.15, -0.1) is 0 Å². The number of hydrogen-bond acceptors (Lipinski definition) is 2. The number of nitrogens with zero attached hydrogens (tertiary/aromatic N) is 1. The van der Waals surface area contributed by atoms with Crippen LogP contribution in [0.5, 0.6) is 0 Å². The molecular formula is C16H25ClN2. The van der Waals surface area contributed by atoms with Gasteiger partial charge in [-0.2, -0.15) is 0 Å². The van der Waals surface area contributed by atoms with Gasteiger partial charge in [0.1, 0.15) is 0 Å². The molecule has 106 valence electrons. The lowest BCUT2D eigenvalue weighted by Gasteiger charge is -2.48. The van der Waals surface area contributed by atoms with Gasteiger partial charge >= 0.3 is 0 Å². The molecule has 0 saturated carbocycles. The van der Waals surface area contributed by atoms with Gasteiger partial charge < -0.3 is 10.2 Å². The Bertz CT molecular complexity index is 454. The van der Waals surface area contributed by atoms with E-state index in [9.17, 15) is 0 Å².